The van der Waals surface area contributed by atoms with Crippen LogP contribution in [0.15, 0.2) is 60.2 Å². The fourth-order valence-corrected chi connectivity index (χ4v) is 5.11. The van der Waals surface area contributed by atoms with Gasteiger partial charge in [0.1, 0.15) is 11.6 Å². The molecule has 0 unspecified atom stereocenters. The topological polar surface area (TPSA) is 150 Å². The molecule has 0 radical (unpaired) electrons. The van der Waals surface area contributed by atoms with Crippen LogP contribution in [0.4, 0.5) is 23.3 Å². The van der Waals surface area contributed by atoms with Crippen LogP contribution in [0.2, 0.25) is 5.28 Å². The lowest BCUT2D eigenvalue weighted by Gasteiger charge is -2.25. The summed E-state index contributed by atoms with van der Waals surface area (Å²) in [6, 6.07) is 7.11. The highest BCUT2D eigenvalue weighted by molar-refractivity contribution is 6.28. The minimum Gasteiger partial charge on any atom is -0.493 e. The number of esters is 2. The summed E-state index contributed by atoms with van der Waals surface area (Å²) in [4.78, 5) is 44.4. The summed E-state index contributed by atoms with van der Waals surface area (Å²) in [5.74, 6) is 2.78. The monoisotopic (exact) mass is 681 g/mol. The molecule has 2 aromatic heterocycles. The van der Waals surface area contributed by atoms with Gasteiger partial charge in [-0.3, -0.25) is 0 Å². The number of ether oxygens (including phenoxy) is 5. The smallest absolute Gasteiger partial charge is 0.335 e. The second kappa shape index (κ2) is 17.7. The van der Waals surface area contributed by atoms with Gasteiger partial charge in [-0.05, 0) is 63.3 Å². The lowest BCUT2D eigenvalue weighted by molar-refractivity contribution is -0.139. The van der Waals surface area contributed by atoms with Crippen LogP contribution >= 0.6 is 11.6 Å². The molecular weight excluding hydrogens is 642 g/mol. The molecule has 3 aromatic rings. The van der Waals surface area contributed by atoms with Gasteiger partial charge in [-0.25, -0.2) is 24.5 Å². The average molecular weight is 682 g/mol. The van der Waals surface area contributed by atoms with Crippen molar-refractivity contribution in [2.75, 3.05) is 62.7 Å². The molecule has 256 valence electrons. The number of hydrogen-bond donors (Lipinski definition) is 1. The second-order valence-electron chi connectivity index (χ2n) is 10.3. The molecule has 0 fully saturated rings. The third-order valence-electron chi connectivity index (χ3n) is 7.15. The summed E-state index contributed by atoms with van der Waals surface area (Å²) in [5.41, 5.74) is 1.99. The highest BCUT2D eigenvalue weighted by atomic mass is 35.5. The Morgan fingerprint density at radius 3 is 1.79 bits per heavy atom. The lowest BCUT2D eigenvalue weighted by Crippen LogP contribution is -2.26. The number of carbonyl (C=O) groups is 2. The van der Waals surface area contributed by atoms with Crippen LogP contribution < -0.4 is 29.3 Å². The van der Waals surface area contributed by atoms with E-state index in [0.29, 0.717) is 71.3 Å². The van der Waals surface area contributed by atoms with Gasteiger partial charge in [0.05, 0.1) is 45.7 Å². The standard InChI is InChI=1S/C21H26N4O5.C12H14ClN3O2/c1-5-30-20(26)14-7-6-10-25(13-14)18-8-9-22-21(24-18)23-15-11-16(27-2)19(29-4)17(12-15)28-3;1-2-18-11(17)9-4-3-7-16(8-9)10-5-6-14-12(13)15-10/h8-9,11-13H,5-7,10H2,1-4H3,(H,22,23,24);5-6,8H,2-4,7H2,1H3. The highest BCUT2D eigenvalue weighted by Gasteiger charge is 2.21. The van der Waals surface area contributed by atoms with Gasteiger partial charge in [-0.1, -0.05) is 0 Å². The van der Waals surface area contributed by atoms with Gasteiger partial charge in [0.15, 0.2) is 11.5 Å². The number of methoxy groups -OCH3 is 3. The third kappa shape index (κ3) is 9.47. The number of anilines is 4. The van der Waals surface area contributed by atoms with E-state index in [1.165, 1.54) is 0 Å². The van der Waals surface area contributed by atoms with E-state index in [0.717, 1.165) is 32.4 Å². The van der Waals surface area contributed by atoms with Crippen molar-refractivity contribution in [1.82, 2.24) is 19.9 Å². The van der Waals surface area contributed by atoms with Crippen LogP contribution in [-0.2, 0) is 19.1 Å². The number of rotatable bonds is 11. The molecule has 0 spiro atoms. The number of halogens is 1. The molecule has 0 saturated carbocycles. The van der Waals surface area contributed by atoms with Gasteiger partial charge in [0, 0.05) is 55.7 Å². The maximum atomic E-state index is 12.1. The van der Waals surface area contributed by atoms with E-state index >= 15 is 0 Å². The Labute approximate surface area is 284 Å². The molecule has 1 aromatic carbocycles. The molecule has 0 amide bonds. The summed E-state index contributed by atoms with van der Waals surface area (Å²) in [6.45, 7) is 5.88. The SMILES string of the molecule is CCOC(=O)C1=CN(c2ccnc(Cl)n2)CCC1.CCOC(=O)C1=CN(c2ccnc(Nc3cc(OC)c(OC)c(OC)c3)n2)CCC1. The largest absolute Gasteiger partial charge is 0.493 e. The van der Waals surface area contributed by atoms with E-state index in [-0.39, 0.29) is 17.2 Å². The molecular formula is C33H40ClN7O7. The van der Waals surface area contributed by atoms with Crippen LogP contribution in [0.25, 0.3) is 0 Å². The van der Waals surface area contributed by atoms with Gasteiger partial charge >= 0.3 is 11.9 Å². The van der Waals surface area contributed by atoms with Crippen LogP contribution in [0.1, 0.15) is 39.5 Å². The fourth-order valence-electron chi connectivity index (χ4n) is 4.97. The summed E-state index contributed by atoms with van der Waals surface area (Å²) < 4.78 is 26.2. The molecule has 4 heterocycles. The lowest BCUT2D eigenvalue weighted by atomic mass is 10.1. The van der Waals surface area contributed by atoms with Crippen molar-refractivity contribution in [3.8, 4) is 17.2 Å². The fraction of sp³-hybridized carbons (Fsp3) is 0.394. The van der Waals surface area contributed by atoms with Crippen molar-refractivity contribution >= 4 is 46.8 Å². The summed E-state index contributed by atoms with van der Waals surface area (Å²) in [7, 11) is 4.67. The van der Waals surface area contributed by atoms with Crippen molar-refractivity contribution in [1.29, 1.82) is 0 Å². The Morgan fingerprint density at radius 1 is 0.792 bits per heavy atom. The highest BCUT2D eigenvalue weighted by Crippen LogP contribution is 2.40. The minimum absolute atomic E-state index is 0.198. The zero-order valence-electron chi connectivity index (χ0n) is 27.7. The number of hydrogen-bond acceptors (Lipinski definition) is 14. The number of nitrogens with one attached hydrogen (secondary N) is 1. The third-order valence-corrected chi connectivity index (χ3v) is 7.33. The van der Waals surface area contributed by atoms with Gasteiger partial charge in [0.25, 0.3) is 0 Å². The van der Waals surface area contributed by atoms with Gasteiger partial charge in [-0.15, -0.1) is 0 Å². The van der Waals surface area contributed by atoms with E-state index in [2.05, 4.69) is 25.3 Å². The molecule has 5 rings (SSSR count). The number of aromatic nitrogens is 4. The van der Waals surface area contributed by atoms with Crippen LogP contribution in [0.5, 0.6) is 17.2 Å². The molecule has 48 heavy (non-hydrogen) atoms. The predicted octanol–water partition coefficient (Wildman–Crippen LogP) is 5.47. The van der Waals surface area contributed by atoms with Gasteiger partial charge in [0.2, 0.25) is 17.0 Å². The zero-order valence-corrected chi connectivity index (χ0v) is 28.5. The Kier molecular flexibility index (Phi) is 13.2. The van der Waals surface area contributed by atoms with Crippen LogP contribution in [0, 0.1) is 0 Å². The van der Waals surface area contributed by atoms with Crippen molar-refractivity contribution in [2.45, 2.75) is 39.5 Å². The van der Waals surface area contributed by atoms with Crippen molar-refractivity contribution < 1.29 is 33.3 Å². The molecule has 0 atom stereocenters. The van der Waals surface area contributed by atoms with Crippen molar-refractivity contribution in [3.05, 3.63) is 65.5 Å². The molecule has 0 saturated heterocycles. The Hall–Kier alpha value is -5.11. The molecule has 2 aliphatic rings. The Bertz CT molecular complexity index is 1610. The molecule has 2 aliphatic heterocycles. The van der Waals surface area contributed by atoms with Crippen LogP contribution in [0.3, 0.4) is 0 Å². The first-order valence-corrected chi connectivity index (χ1v) is 15.8. The van der Waals surface area contributed by atoms with E-state index in [9.17, 15) is 9.59 Å². The normalized spacial score (nSPS) is 14.0. The molecule has 0 aliphatic carbocycles. The van der Waals surface area contributed by atoms with Gasteiger partial charge in [-0.2, -0.15) is 4.98 Å². The predicted molar refractivity (Wildman–Crippen MR) is 181 cm³/mol. The Morgan fingerprint density at radius 2 is 1.31 bits per heavy atom. The maximum Gasteiger partial charge on any atom is 0.335 e. The molecule has 1 N–H and O–H groups in total. The van der Waals surface area contributed by atoms with Crippen LogP contribution in [-0.4, -0.2) is 79.5 Å². The van der Waals surface area contributed by atoms with E-state index in [1.807, 2.05) is 9.80 Å². The number of carbonyl (C=O) groups excluding carboxylic acids is 2. The van der Waals surface area contributed by atoms with E-state index in [4.69, 9.17) is 35.3 Å². The average Bonchev–Trinajstić information content (AvgIpc) is 3.12. The maximum absolute atomic E-state index is 12.1. The van der Waals surface area contributed by atoms with Crippen molar-refractivity contribution in [2.24, 2.45) is 0 Å². The first kappa shape index (κ1) is 35.7. The number of nitrogens with zero attached hydrogens (tertiary/aromatic N) is 6. The summed E-state index contributed by atoms with van der Waals surface area (Å²) in [5, 5.41) is 3.36. The number of benzene rings is 1. The first-order valence-electron chi connectivity index (χ1n) is 15.5. The molecule has 15 heteroatoms. The second-order valence-corrected chi connectivity index (χ2v) is 10.6. The minimum atomic E-state index is -0.285. The van der Waals surface area contributed by atoms with E-state index in [1.54, 1.807) is 84.2 Å². The van der Waals surface area contributed by atoms with Gasteiger partial charge < -0.3 is 38.8 Å². The zero-order chi connectivity index (χ0) is 34.5. The van der Waals surface area contributed by atoms with Crippen molar-refractivity contribution in [3.63, 3.8) is 0 Å². The summed E-state index contributed by atoms with van der Waals surface area (Å²) >= 11 is 5.75. The quantitative estimate of drug-likeness (QED) is 0.201. The Balaban J connectivity index is 0.000000246. The molecule has 0 bridgehead atoms. The first-order chi connectivity index (χ1) is 23.3. The summed E-state index contributed by atoms with van der Waals surface area (Å²) in [6.07, 6.45) is 9.97. The molecule has 14 nitrogen and oxygen atoms in total. The van der Waals surface area contributed by atoms with E-state index < -0.39 is 0 Å².